The summed E-state index contributed by atoms with van der Waals surface area (Å²) in [7, 11) is -3.21. The average Bonchev–Trinajstić information content (AvgIpc) is 2.76. The minimum Gasteiger partial charge on any atom is -0.366 e. The van der Waals surface area contributed by atoms with Crippen LogP contribution in [-0.4, -0.2) is 41.4 Å². The summed E-state index contributed by atoms with van der Waals surface area (Å²) in [6.45, 7) is 8.78. The van der Waals surface area contributed by atoms with Gasteiger partial charge in [-0.3, -0.25) is 4.79 Å². The van der Waals surface area contributed by atoms with Crippen LogP contribution in [0.25, 0.3) is 0 Å². The van der Waals surface area contributed by atoms with E-state index in [1.807, 2.05) is 51.1 Å². The largest absolute Gasteiger partial charge is 0.366 e. The van der Waals surface area contributed by atoms with Crippen molar-refractivity contribution >= 4 is 15.6 Å². The first kappa shape index (κ1) is 22.4. The minimum atomic E-state index is -3.21. The van der Waals surface area contributed by atoms with E-state index in [1.165, 1.54) is 0 Å². The average molecular weight is 452 g/mol. The van der Waals surface area contributed by atoms with Crippen molar-refractivity contribution in [2.75, 3.05) is 12.3 Å². The third-order valence-electron chi connectivity index (χ3n) is 6.48. The number of ketones is 1. The maximum absolute atomic E-state index is 13.6. The first-order valence-corrected chi connectivity index (χ1v) is 12.6. The van der Waals surface area contributed by atoms with E-state index in [1.54, 1.807) is 19.1 Å². The van der Waals surface area contributed by atoms with E-state index in [0.29, 0.717) is 23.7 Å². The number of benzene rings is 1. The molecule has 0 amide bonds. The maximum Gasteiger partial charge on any atom is 0.178 e. The summed E-state index contributed by atoms with van der Waals surface area (Å²) in [5.74, 6) is 0.871. The van der Waals surface area contributed by atoms with Gasteiger partial charge in [-0.15, -0.1) is 0 Å². The molecule has 0 fully saturated rings. The molecule has 0 bridgehead atoms. The van der Waals surface area contributed by atoms with Gasteiger partial charge < -0.3 is 4.90 Å². The monoisotopic (exact) mass is 451 g/mol. The summed E-state index contributed by atoms with van der Waals surface area (Å²) in [5, 5.41) is 0. The van der Waals surface area contributed by atoms with E-state index in [-0.39, 0.29) is 11.5 Å². The Hall–Kier alpha value is -2.80. The number of rotatable bonds is 5. The lowest BCUT2D eigenvalue weighted by Crippen LogP contribution is -2.42. The van der Waals surface area contributed by atoms with E-state index in [0.717, 1.165) is 41.2 Å². The highest BCUT2D eigenvalue weighted by Gasteiger charge is 2.43. The number of aromatic nitrogens is 2. The van der Waals surface area contributed by atoms with Gasteiger partial charge in [0.2, 0.25) is 0 Å². The Bertz CT molecular complexity index is 1210. The topological polar surface area (TPSA) is 80.2 Å². The molecule has 4 rings (SSSR count). The zero-order valence-corrected chi connectivity index (χ0v) is 19.9. The Labute approximate surface area is 190 Å². The van der Waals surface area contributed by atoms with Crippen molar-refractivity contribution in [2.24, 2.45) is 0 Å². The summed E-state index contributed by atoms with van der Waals surface area (Å²) in [4.78, 5) is 25.1. The molecule has 1 atom stereocenters. The van der Waals surface area contributed by atoms with Gasteiger partial charge in [0.15, 0.2) is 15.6 Å². The van der Waals surface area contributed by atoms with Gasteiger partial charge in [-0.25, -0.2) is 18.4 Å². The van der Waals surface area contributed by atoms with Gasteiger partial charge in [-0.2, -0.15) is 0 Å². The van der Waals surface area contributed by atoms with Crippen molar-refractivity contribution in [2.45, 2.75) is 57.4 Å². The van der Waals surface area contributed by atoms with Crippen LogP contribution in [0.2, 0.25) is 0 Å². The molecule has 1 aromatic heterocycles. The molecule has 2 heterocycles. The summed E-state index contributed by atoms with van der Waals surface area (Å²) < 4.78 is 24.1. The van der Waals surface area contributed by atoms with E-state index in [4.69, 9.17) is 0 Å². The summed E-state index contributed by atoms with van der Waals surface area (Å²) in [6.07, 6.45) is 5.45. The summed E-state index contributed by atoms with van der Waals surface area (Å²) in [5.41, 5.74) is 3.82. The molecule has 0 radical (unpaired) electrons. The van der Waals surface area contributed by atoms with Gasteiger partial charge in [-0.05, 0) is 57.4 Å². The Morgan fingerprint density at radius 1 is 1.12 bits per heavy atom. The van der Waals surface area contributed by atoms with E-state index >= 15 is 0 Å². The second kappa shape index (κ2) is 8.28. The third kappa shape index (κ3) is 4.01. The van der Waals surface area contributed by atoms with Crippen molar-refractivity contribution < 1.29 is 13.2 Å². The fourth-order valence-electron chi connectivity index (χ4n) is 4.55. The van der Waals surface area contributed by atoms with E-state index < -0.39 is 15.3 Å². The number of carbonyl (C=O) groups is 1. The number of hydrogen-bond donors (Lipinski definition) is 0. The third-order valence-corrected chi connectivity index (χ3v) is 8.23. The van der Waals surface area contributed by atoms with Gasteiger partial charge in [0.1, 0.15) is 5.82 Å². The molecule has 168 valence electrons. The molecule has 1 unspecified atom stereocenters. The zero-order chi connectivity index (χ0) is 23.1. The lowest BCUT2D eigenvalue weighted by Gasteiger charge is -2.39. The van der Waals surface area contributed by atoms with Crippen molar-refractivity contribution in [1.29, 1.82) is 0 Å². The number of sulfone groups is 1. The van der Waals surface area contributed by atoms with Crippen molar-refractivity contribution in [1.82, 2.24) is 14.9 Å². The predicted molar refractivity (Wildman–Crippen MR) is 124 cm³/mol. The molecular weight excluding hydrogens is 422 g/mol. The fourth-order valence-corrected chi connectivity index (χ4v) is 5.43. The molecule has 0 N–H and O–H groups in total. The number of hydrogen-bond acceptors (Lipinski definition) is 6. The number of aryl methyl sites for hydroxylation is 2. The molecule has 2 aromatic rings. The van der Waals surface area contributed by atoms with Crippen LogP contribution in [0.1, 0.15) is 49.5 Å². The lowest BCUT2D eigenvalue weighted by atomic mass is 9.70. The normalized spacial score (nSPS) is 21.1. The van der Waals surface area contributed by atoms with Crippen LogP contribution in [0, 0.1) is 13.8 Å². The smallest absolute Gasteiger partial charge is 0.178 e. The predicted octanol–water partition coefficient (Wildman–Crippen LogP) is 3.83. The van der Waals surface area contributed by atoms with Crippen LogP contribution in [0.15, 0.2) is 58.6 Å². The van der Waals surface area contributed by atoms with Crippen molar-refractivity contribution in [3.63, 3.8) is 0 Å². The molecule has 0 spiro atoms. The van der Waals surface area contributed by atoms with Gasteiger partial charge in [0.25, 0.3) is 0 Å². The maximum atomic E-state index is 13.6. The quantitative estimate of drug-likeness (QED) is 0.687. The van der Waals surface area contributed by atoms with Crippen molar-refractivity contribution in [3.8, 4) is 0 Å². The SMILES string of the molecule is CCS(=O)(=O)c1ccc(CN2CC=CC3=C2CCC(C)(c2cc(C)nc(C)n2)C3=O)cc1. The van der Waals surface area contributed by atoms with Gasteiger partial charge in [0, 0.05) is 30.1 Å². The highest BCUT2D eigenvalue weighted by Crippen LogP contribution is 2.41. The Morgan fingerprint density at radius 2 is 1.84 bits per heavy atom. The zero-order valence-electron chi connectivity index (χ0n) is 19.1. The molecule has 7 heteroatoms. The van der Waals surface area contributed by atoms with Crippen LogP contribution >= 0.6 is 0 Å². The van der Waals surface area contributed by atoms with Gasteiger partial charge >= 0.3 is 0 Å². The molecule has 1 aliphatic heterocycles. The Kier molecular flexibility index (Phi) is 5.79. The Morgan fingerprint density at radius 3 is 2.50 bits per heavy atom. The van der Waals surface area contributed by atoms with Crippen molar-refractivity contribution in [3.05, 3.63) is 76.5 Å². The number of Topliss-reactive ketones (excluding diaryl/α,β-unsaturated/α-hetero) is 1. The lowest BCUT2D eigenvalue weighted by molar-refractivity contribution is -0.121. The Balaban J connectivity index is 1.61. The first-order chi connectivity index (χ1) is 15.1. The standard InChI is InChI=1S/C25H29N3O3S/c1-5-32(30,31)20-10-8-19(9-11-20)16-28-14-6-7-21-22(28)12-13-25(4,24(21)29)23-15-17(2)26-18(3)27-23/h6-11,15H,5,12-14,16H2,1-4H3. The second-order valence-corrected chi connectivity index (χ2v) is 11.1. The van der Waals surface area contributed by atoms with Crippen LogP contribution < -0.4 is 0 Å². The van der Waals surface area contributed by atoms with Crippen LogP contribution in [0.5, 0.6) is 0 Å². The highest BCUT2D eigenvalue weighted by atomic mass is 32.2. The van der Waals surface area contributed by atoms with E-state index in [2.05, 4.69) is 14.9 Å². The molecule has 1 aliphatic carbocycles. The minimum absolute atomic E-state index is 0.0891. The molecule has 0 saturated carbocycles. The molecule has 2 aliphatic rings. The number of carbonyl (C=O) groups excluding carboxylic acids is 1. The molecule has 0 saturated heterocycles. The highest BCUT2D eigenvalue weighted by molar-refractivity contribution is 7.91. The second-order valence-electron chi connectivity index (χ2n) is 8.79. The number of nitrogens with zero attached hydrogens (tertiary/aromatic N) is 3. The molecular formula is C25H29N3O3S. The van der Waals surface area contributed by atoms with Crippen LogP contribution in [0.4, 0.5) is 0 Å². The van der Waals surface area contributed by atoms with E-state index in [9.17, 15) is 13.2 Å². The molecule has 1 aromatic carbocycles. The summed E-state index contributed by atoms with van der Waals surface area (Å²) >= 11 is 0. The van der Waals surface area contributed by atoms with Gasteiger partial charge in [-0.1, -0.05) is 31.2 Å². The number of allylic oxidation sites excluding steroid dienone is 3. The van der Waals surface area contributed by atoms with Crippen LogP contribution in [0.3, 0.4) is 0 Å². The molecule has 32 heavy (non-hydrogen) atoms. The molecule has 6 nitrogen and oxygen atoms in total. The van der Waals surface area contributed by atoms with Crippen LogP contribution in [-0.2, 0) is 26.6 Å². The summed E-state index contributed by atoms with van der Waals surface area (Å²) in [6, 6.07) is 9.00. The fraction of sp³-hybridized carbons (Fsp3) is 0.400. The first-order valence-electron chi connectivity index (χ1n) is 11.0. The van der Waals surface area contributed by atoms with Gasteiger partial charge in [0.05, 0.1) is 21.8 Å².